The highest BCUT2D eigenvalue weighted by Crippen LogP contribution is 2.22. The Morgan fingerprint density at radius 3 is 2.67 bits per heavy atom. The summed E-state index contributed by atoms with van der Waals surface area (Å²) in [7, 11) is 0. The highest BCUT2D eigenvalue weighted by molar-refractivity contribution is 9.10. The molecule has 6 nitrogen and oxygen atoms in total. The first-order valence-corrected chi connectivity index (χ1v) is 7.94. The summed E-state index contributed by atoms with van der Waals surface area (Å²) >= 11 is 3.19. The third kappa shape index (κ3) is 3.99. The third-order valence-electron chi connectivity index (χ3n) is 3.08. The van der Waals surface area contributed by atoms with Crippen molar-refractivity contribution in [2.24, 2.45) is 0 Å². The molecule has 1 atom stereocenters. The average molecular weight is 389 g/mol. The van der Waals surface area contributed by atoms with Gasteiger partial charge in [0.05, 0.1) is 0 Å². The zero-order valence-electron chi connectivity index (χ0n) is 12.7. The molecule has 0 amide bonds. The summed E-state index contributed by atoms with van der Waals surface area (Å²) in [6, 6.07) is 12.8. The van der Waals surface area contributed by atoms with Crippen LogP contribution in [0.5, 0.6) is 0 Å². The number of nitrogens with zero attached hydrogens (tertiary/aromatic N) is 2. The number of benzene rings is 1. The summed E-state index contributed by atoms with van der Waals surface area (Å²) in [5.74, 6) is 0.617. The predicted molar refractivity (Wildman–Crippen MR) is 89.7 cm³/mol. The summed E-state index contributed by atoms with van der Waals surface area (Å²) in [6.07, 6.45) is 2.13. The number of esters is 1. The van der Waals surface area contributed by atoms with Gasteiger partial charge in [-0.25, -0.2) is 4.79 Å². The molecule has 3 aromatic rings. The zero-order valence-corrected chi connectivity index (χ0v) is 14.3. The lowest BCUT2D eigenvalue weighted by atomic mass is 10.2. The SMILES string of the molecule is C[C@@H](OC(=O)/C=C/c1ccc(Br)o1)c1nnc(-c2ccccc2)o1. The van der Waals surface area contributed by atoms with Gasteiger partial charge in [0.1, 0.15) is 5.76 Å². The maximum absolute atomic E-state index is 11.8. The van der Waals surface area contributed by atoms with Crippen molar-refractivity contribution in [3.05, 3.63) is 64.9 Å². The Kier molecular flexibility index (Phi) is 4.90. The second kappa shape index (κ2) is 7.27. The van der Waals surface area contributed by atoms with E-state index in [1.165, 1.54) is 12.2 Å². The fraction of sp³-hybridized carbons (Fsp3) is 0.118. The number of rotatable bonds is 5. The van der Waals surface area contributed by atoms with Crippen molar-refractivity contribution >= 4 is 28.0 Å². The van der Waals surface area contributed by atoms with Gasteiger partial charge in [-0.05, 0) is 53.2 Å². The molecule has 0 N–H and O–H groups in total. The number of ether oxygens (including phenoxy) is 1. The van der Waals surface area contributed by atoms with Gasteiger partial charge in [-0.15, -0.1) is 10.2 Å². The van der Waals surface area contributed by atoms with Crippen LogP contribution in [-0.4, -0.2) is 16.2 Å². The highest BCUT2D eigenvalue weighted by atomic mass is 79.9. The molecule has 0 saturated heterocycles. The molecule has 24 heavy (non-hydrogen) atoms. The standard InChI is InChI=1S/C17H13BrN2O4/c1-11(22-15(21)10-8-13-7-9-14(18)23-13)16-19-20-17(24-16)12-5-3-2-4-6-12/h2-11H,1H3/b10-8+/t11-/m1/s1. The Labute approximate surface area is 146 Å². The number of hydrogen-bond acceptors (Lipinski definition) is 6. The molecule has 7 heteroatoms. The summed E-state index contributed by atoms with van der Waals surface area (Å²) < 4.78 is 16.6. The average Bonchev–Trinajstić information content (AvgIpc) is 3.23. The third-order valence-corrected chi connectivity index (χ3v) is 3.51. The van der Waals surface area contributed by atoms with E-state index in [4.69, 9.17) is 13.6 Å². The number of aromatic nitrogens is 2. The first-order valence-electron chi connectivity index (χ1n) is 7.14. The molecule has 0 fully saturated rings. The minimum Gasteiger partial charge on any atom is -0.450 e. The molecule has 0 aliphatic heterocycles. The molecule has 1 aromatic carbocycles. The van der Waals surface area contributed by atoms with E-state index in [0.717, 1.165) is 5.56 Å². The molecule has 0 radical (unpaired) electrons. The fourth-order valence-corrected chi connectivity index (χ4v) is 2.25. The van der Waals surface area contributed by atoms with Crippen LogP contribution in [-0.2, 0) is 9.53 Å². The van der Waals surface area contributed by atoms with Crippen LogP contribution in [0.4, 0.5) is 0 Å². The normalized spacial score (nSPS) is 12.4. The lowest BCUT2D eigenvalue weighted by Crippen LogP contribution is -2.06. The van der Waals surface area contributed by atoms with Crippen LogP contribution in [0.2, 0.25) is 0 Å². The smallest absolute Gasteiger partial charge is 0.331 e. The first kappa shape index (κ1) is 16.2. The maximum atomic E-state index is 11.8. The number of carbonyl (C=O) groups excluding carboxylic acids is 1. The number of furan rings is 1. The van der Waals surface area contributed by atoms with Crippen LogP contribution in [0.15, 0.2) is 62.0 Å². The molecule has 0 spiro atoms. The topological polar surface area (TPSA) is 78.4 Å². The van der Waals surface area contributed by atoms with E-state index in [-0.39, 0.29) is 5.89 Å². The van der Waals surface area contributed by atoms with Crippen LogP contribution in [0.3, 0.4) is 0 Å². The van der Waals surface area contributed by atoms with Crippen LogP contribution in [0.25, 0.3) is 17.5 Å². The van der Waals surface area contributed by atoms with Gasteiger partial charge in [-0.1, -0.05) is 18.2 Å². The molecule has 0 unspecified atom stereocenters. The first-order chi connectivity index (χ1) is 11.6. The van der Waals surface area contributed by atoms with Gasteiger partial charge < -0.3 is 13.6 Å². The lowest BCUT2D eigenvalue weighted by Gasteiger charge is -2.06. The van der Waals surface area contributed by atoms with Crippen molar-refractivity contribution in [1.82, 2.24) is 10.2 Å². The maximum Gasteiger partial charge on any atom is 0.331 e. The molecule has 2 heterocycles. The van der Waals surface area contributed by atoms with Crippen molar-refractivity contribution < 1.29 is 18.4 Å². The predicted octanol–water partition coefficient (Wildman–Crippen LogP) is 4.41. The van der Waals surface area contributed by atoms with Crippen molar-refractivity contribution in [3.8, 4) is 11.5 Å². The Morgan fingerprint density at radius 1 is 1.17 bits per heavy atom. The minimum atomic E-state index is -0.657. The second-order valence-corrected chi connectivity index (χ2v) is 5.65. The zero-order chi connectivity index (χ0) is 16.9. The van der Waals surface area contributed by atoms with E-state index in [9.17, 15) is 4.79 Å². The van der Waals surface area contributed by atoms with Crippen molar-refractivity contribution in [2.75, 3.05) is 0 Å². The lowest BCUT2D eigenvalue weighted by molar-refractivity contribution is -0.143. The van der Waals surface area contributed by atoms with Gasteiger partial charge in [0.25, 0.3) is 5.89 Å². The van der Waals surface area contributed by atoms with Gasteiger partial charge >= 0.3 is 5.97 Å². The summed E-state index contributed by atoms with van der Waals surface area (Å²) in [4.78, 5) is 11.8. The Bertz CT molecular complexity index is 854. The van der Waals surface area contributed by atoms with Gasteiger partial charge in [-0.2, -0.15) is 0 Å². The summed E-state index contributed by atoms with van der Waals surface area (Å²) in [5, 5.41) is 7.89. The van der Waals surface area contributed by atoms with Crippen molar-refractivity contribution in [3.63, 3.8) is 0 Å². The van der Waals surface area contributed by atoms with E-state index < -0.39 is 12.1 Å². The van der Waals surface area contributed by atoms with Gasteiger partial charge in [0.2, 0.25) is 5.89 Å². The van der Waals surface area contributed by atoms with Crippen LogP contribution in [0, 0.1) is 0 Å². The van der Waals surface area contributed by atoms with E-state index in [0.29, 0.717) is 16.3 Å². The van der Waals surface area contributed by atoms with Gasteiger partial charge in [0, 0.05) is 11.6 Å². The number of carbonyl (C=O) groups is 1. The molecular weight excluding hydrogens is 376 g/mol. The van der Waals surface area contributed by atoms with Gasteiger partial charge in [0.15, 0.2) is 10.8 Å². The van der Waals surface area contributed by atoms with E-state index in [2.05, 4.69) is 26.1 Å². The van der Waals surface area contributed by atoms with E-state index in [1.54, 1.807) is 19.1 Å². The van der Waals surface area contributed by atoms with Crippen molar-refractivity contribution in [2.45, 2.75) is 13.0 Å². The quantitative estimate of drug-likeness (QED) is 0.475. The molecule has 0 aliphatic rings. The van der Waals surface area contributed by atoms with E-state index in [1.807, 2.05) is 30.3 Å². The number of halogens is 1. The van der Waals surface area contributed by atoms with Crippen molar-refractivity contribution in [1.29, 1.82) is 0 Å². The molecule has 122 valence electrons. The monoisotopic (exact) mass is 388 g/mol. The fourth-order valence-electron chi connectivity index (χ4n) is 1.93. The Hall–Kier alpha value is -2.67. The minimum absolute atomic E-state index is 0.233. The number of hydrogen-bond donors (Lipinski definition) is 0. The highest BCUT2D eigenvalue weighted by Gasteiger charge is 2.18. The second-order valence-electron chi connectivity index (χ2n) is 4.87. The summed E-state index contributed by atoms with van der Waals surface area (Å²) in [6.45, 7) is 1.66. The molecule has 2 aromatic heterocycles. The van der Waals surface area contributed by atoms with Gasteiger partial charge in [-0.3, -0.25) is 0 Å². The van der Waals surface area contributed by atoms with E-state index >= 15 is 0 Å². The summed E-state index contributed by atoms with van der Waals surface area (Å²) in [5.41, 5.74) is 0.804. The largest absolute Gasteiger partial charge is 0.450 e. The molecule has 3 rings (SSSR count). The molecule has 0 aliphatic carbocycles. The van der Waals surface area contributed by atoms with Crippen LogP contribution < -0.4 is 0 Å². The van der Waals surface area contributed by atoms with Crippen LogP contribution >= 0.6 is 15.9 Å². The Morgan fingerprint density at radius 2 is 1.96 bits per heavy atom. The van der Waals surface area contributed by atoms with Crippen LogP contribution in [0.1, 0.15) is 24.7 Å². The Balaban J connectivity index is 1.62. The molecule has 0 saturated carbocycles. The molecular formula is C17H13BrN2O4. The molecule has 0 bridgehead atoms.